The molecule has 0 aliphatic heterocycles. The summed E-state index contributed by atoms with van der Waals surface area (Å²) in [6.45, 7) is 0. The highest BCUT2D eigenvalue weighted by Crippen LogP contribution is 2.23. The molecule has 0 unspecified atom stereocenters. The van der Waals surface area contributed by atoms with Crippen molar-refractivity contribution in [3.8, 4) is 22.8 Å². The van der Waals surface area contributed by atoms with E-state index in [2.05, 4.69) is 10.9 Å². The maximum absolute atomic E-state index is 12.3. The zero-order valence-corrected chi connectivity index (χ0v) is 16.2. The van der Waals surface area contributed by atoms with Crippen LogP contribution in [0, 0.1) is 0 Å². The van der Waals surface area contributed by atoms with E-state index in [0.29, 0.717) is 29.2 Å². The largest absolute Gasteiger partial charge is 0.497 e. The first-order valence-corrected chi connectivity index (χ1v) is 9.05. The Kier molecular flexibility index (Phi) is 6.52. The number of benzene rings is 2. The maximum atomic E-state index is 12.3. The number of ether oxygens (including phenoxy) is 2. The normalized spacial score (nSPS) is 10.3. The molecule has 0 saturated carbocycles. The van der Waals surface area contributed by atoms with Crippen molar-refractivity contribution < 1.29 is 23.5 Å². The zero-order chi connectivity index (χ0) is 20.6. The molecule has 29 heavy (non-hydrogen) atoms. The summed E-state index contributed by atoms with van der Waals surface area (Å²) in [5.41, 5.74) is 6.07. The molecule has 0 bridgehead atoms. The Bertz CT molecular complexity index is 960. The lowest BCUT2D eigenvalue weighted by Gasteiger charge is -2.10. The Balaban J connectivity index is 1.50. The van der Waals surface area contributed by atoms with Crippen LogP contribution in [0.5, 0.6) is 11.5 Å². The van der Waals surface area contributed by atoms with Crippen LogP contribution in [-0.4, -0.2) is 26.0 Å². The molecule has 0 radical (unpaired) electrons. The number of carbonyl (C=O) groups is 2. The van der Waals surface area contributed by atoms with Crippen molar-refractivity contribution in [2.24, 2.45) is 0 Å². The average Bonchev–Trinajstić information content (AvgIpc) is 3.25. The van der Waals surface area contributed by atoms with Crippen LogP contribution < -0.4 is 20.3 Å². The minimum Gasteiger partial charge on any atom is -0.497 e. The number of hydrazine groups is 1. The van der Waals surface area contributed by atoms with E-state index in [9.17, 15) is 9.59 Å². The third-order valence-electron chi connectivity index (χ3n) is 4.25. The lowest BCUT2D eigenvalue weighted by Crippen LogP contribution is -2.41. The summed E-state index contributed by atoms with van der Waals surface area (Å²) in [5.74, 6) is 1.61. The fraction of sp³-hybridized carbons (Fsp3) is 0.182. The van der Waals surface area contributed by atoms with Crippen LogP contribution in [0.25, 0.3) is 11.3 Å². The van der Waals surface area contributed by atoms with Crippen molar-refractivity contribution >= 4 is 11.8 Å². The van der Waals surface area contributed by atoms with Gasteiger partial charge in [0.1, 0.15) is 23.0 Å². The molecule has 2 amide bonds. The molecule has 7 heteroatoms. The second kappa shape index (κ2) is 9.45. The van der Waals surface area contributed by atoms with Crippen molar-refractivity contribution in [2.45, 2.75) is 12.8 Å². The third-order valence-corrected chi connectivity index (χ3v) is 4.25. The van der Waals surface area contributed by atoms with Gasteiger partial charge in [-0.15, -0.1) is 0 Å². The molecule has 0 aliphatic carbocycles. The number of amides is 2. The first-order valence-electron chi connectivity index (χ1n) is 9.05. The molecule has 0 atom stereocenters. The van der Waals surface area contributed by atoms with E-state index in [0.717, 1.165) is 11.3 Å². The molecule has 0 saturated heterocycles. The van der Waals surface area contributed by atoms with Gasteiger partial charge >= 0.3 is 0 Å². The number of hydrogen-bond donors (Lipinski definition) is 2. The van der Waals surface area contributed by atoms with E-state index in [-0.39, 0.29) is 12.3 Å². The van der Waals surface area contributed by atoms with Gasteiger partial charge in [-0.25, -0.2) is 0 Å². The number of carbonyl (C=O) groups excluding carboxylic acids is 2. The molecule has 2 aromatic carbocycles. The van der Waals surface area contributed by atoms with Crippen molar-refractivity contribution in [2.75, 3.05) is 14.2 Å². The van der Waals surface area contributed by atoms with Crippen molar-refractivity contribution in [1.82, 2.24) is 10.9 Å². The van der Waals surface area contributed by atoms with Crippen LogP contribution in [0.2, 0.25) is 0 Å². The first-order chi connectivity index (χ1) is 14.1. The van der Waals surface area contributed by atoms with Crippen molar-refractivity contribution in [1.29, 1.82) is 0 Å². The Morgan fingerprint density at radius 1 is 0.897 bits per heavy atom. The molecular formula is C22H22N2O5. The van der Waals surface area contributed by atoms with Crippen molar-refractivity contribution in [3.05, 3.63) is 72.0 Å². The summed E-state index contributed by atoms with van der Waals surface area (Å²) < 4.78 is 16.0. The lowest BCUT2D eigenvalue weighted by molar-refractivity contribution is -0.121. The predicted molar refractivity (Wildman–Crippen MR) is 108 cm³/mol. The standard InChI is InChI=1S/C22H22N2O5/c1-27-18-12-16(13-19(14-18)28-2)22(26)24-23-21(25)11-9-17-8-10-20(29-17)15-6-4-3-5-7-15/h3-8,10,12-14H,9,11H2,1-2H3,(H,23,25)(H,24,26). The van der Waals surface area contributed by atoms with E-state index < -0.39 is 5.91 Å². The summed E-state index contributed by atoms with van der Waals surface area (Å²) in [5, 5.41) is 0. The van der Waals surface area contributed by atoms with Crippen LogP contribution in [0.15, 0.2) is 65.1 Å². The van der Waals surface area contributed by atoms with Gasteiger partial charge in [0.15, 0.2) is 0 Å². The summed E-state index contributed by atoms with van der Waals surface area (Å²) in [4.78, 5) is 24.3. The smallest absolute Gasteiger partial charge is 0.269 e. The number of aryl methyl sites for hydroxylation is 1. The SMILES string of the molecule is COc1cc(OC)cc(C(=O)NNC(=O)CCc2ccc(-c3ccccc3)o2)c1. The third kappa shape index (κ3) is 5.38. The number of methoxy groups -OCH3 is 2. The number of rotatable bonds is 7. The van der Waals surface area contributed by atoms with Gasteiger partial charge in [-0.1, -0.05) is 30.3 Å². The summed E-state index contributed by atoms with van der Waals surface area (Å²) in [6, 6.07) is 18.2. The quantitative estimate of drug-likeness (QED) is 0.600. The van der Waals surface area contributed by atoms with Gasteiger partial charge in [0.25, 0.3) is 5.91 Å². The molecule has 1 heterocycles. The number of nitrogens with one attached hydrogen (secondary N) is 2. The molecule has 1 aromatic heterocycles. The topological polar surface area (TPSA) is 89.8 Å². The lowest BCUT2D eigenvalue weighted by atomic mass is 10.2. The second-order valence-corrected chi connectivity index (χ2v) is 6.24. The van der Waals surface area contributed by atoms with Gasteiger partial charge in [0.2, 0.25) is 5.91 Å². The Morgan fingerprint density at radius 2 is 1.59 bits per heavy atom. The van der Waals surface area contributed by atoms with Crippen LogP contribution in [0.3, 0.4) is 0 Å². The molecular weight excluding hydrogens is 372 g/mol. The first kappa shape index (κ1) is 20.0. The van der Waals surface area contributed by atoms with Crippen LogP contribution in [0.1, 0.15) is 22.5 Å². The van der Waals surface area contributed by atoms with Gasteiger partial charge in [-0.2, -0.15) is 0 Å². The highest BCUT2D eigenvalue weighted by Gasteiger charge is 2.12. The van der Waals surface area contributed by atoms with E-state index in [1.54, 1.807) is 18.2 Å². The second-order valence-electron chi connectivity index (χ2n) is 6.24. The van der Waals surface area contributed by atoms with Gasteiger partial charge in [0, 0.05) is 30.0 Å². The van der Waals surface area contributed by atoms with E-state index in [1.807, 2.05) is 42.5 Å². The van der Waals surface area contributed by atoms with Gasteiger partial charge in [-0.3, -0.25) is 20.4 Å². The Labute approximate surface area is 168 Å². The molecule has 0 spiro atoms. The highest BCUT2D eigenvalue weighted by atomic mass is 16.5. The molecule has 150 valence electrons. The Morgan fingerprint density at radius 3 is 2.24 bits per heavy atom. The minimum absolute atomic E-state index is 0.170. The maximum Gasteiger partial charge on any atom is 0.269 e. The van der Waals surface area contributed by atoms with Gasteiger partial charge < -0.3 is 13.9 Å². The predicted octanol–water partition coefficient (Wildman–Crippen LogP) is 3.36. The van der Waals surface area contributed by atoms with E-state index >= 15 is 0 Å². The molecule has 0 fully saturated rings. The molecule has 3 rings (SSSR count). The Hall–Kier alpha value is -3.74. The van der Waals surface area contributed by atoms with Crippen molar-refractivity contribution in [3.63, 3.8) is 0 Å². The molecule has 0 aliphatic rings. The fourth-order valence-electron chi connectivity index (χ4n) is 2.71. The summed E-state index contributed by atoms with van der Waals surface area (Å²) in [6.07, 6.45) is 0.588. The minimum atomic E-state index is -0.472. The highest BCUT2D eigenvalue weighted by molar-refractivity contribution is 5.96. The summed E-state index contributed by atoms with van der Waals surface area (Å²) in [7, 11) is 2.99. The molecule has 3 aromatic rings. The van der Waals surface area contributed by atoms with Gasteiger partial charge in [-0.05, 0) is 24.3 Å². The summed E-state index contributed by atoms with van der Waals surface area (Å²) >= 11 is 0. The van der Waals surface area contributed by atoms with Crippen LogP contribution >= 0.6 is 0 Å². The number of hydrogen-bond acceptors (Lipinski definition) is 5. The van der Waals surface area contributed by atoms with Crippen LogP contribution in [0.4, 0.5) is 0 Å². The number of furan rings is 1. The van der Waals surface area contributed by atoms with E-state index in [4.69, 9.17) is 13.9 Å². The monoisotopic (exact) mass is 394 g/mol. The average molecular weight is 394 g/mol. The molecule has 2 N–H and O–H groups in total. The molecule has 7 nitrogen and oxygen atoms in total. The van der Waals surface area contributed by atoms with Gasteiger partial charge in [0.05, 0.1) is 14.2 Å². The fourth-order valence-corrected chi connectivity index (χ4v) is 2.71. The zero-order valence-electron chi connectivity index (χ0n) is 16.2. The van der Waals surface area contributed by atoms with E-state index in [1.165, 1.54) is 14.2 Å². The van der Waals surface area contributed by atoms with Crippen LogP contribution in [-0.2, 0) is 11.2 Å².